The van der Waals surface area contributed by atoms with Crippen molar-refractivity contribution in [1.82, 2.24) is 35.1 Å². The van der Waals surface area contributed by atoms with Crippen LogP contribution in [-0.4, -0.2) is 226 Å². The second-order valence-electron chi connectivity index (χ2n) is 26.6. The van der Waals surface area contributed by atoms with Gasteiger partial charge in [0.05, 0.1) is 50.9 Å². The Labute approximate surface area is 606 Å². The highest BCUT2D eigenvalue weighted by molar-refractivity contribution is 6.17. The van der Waals surface area contributed by atoms with Crippen LogP contribution >= 0.6 is 11.6 Å². The number of hydrogen-bond acceptors (Lipinski definition) is 18. The quantitative estimate of drug-likeness (QED) is 0.0495. The first kappa shape index (κ1) is 89.4. The Morgan fingerprint density at radius 3 is 1.24 bits per heavy atom. The van der Waals surface area contributed by atoms with Gasteiger partial charge in [0.25, 0.3) is 6.04 Å². The van der Waals surface area contributed by atoms with Gasteiger partial charge in [0.15, 0.2) is 0 Å². The van der Waals surface area contributed by atoms with Gasteiger partial charge in [-0.2, -0.15) is 10.5 Å². The molecule has 7 saturated heterocycles. The van der Waals surface area contributed by atoms with Crippen LogP contribution in [-0.2, 0) is 38.1 Å². The molecule has 2 spiro atoms. The van der Waals surface area contributed by atoms with Crippen LogP contribution in [0.4, 0.5) is 24.0 Å². The number of alkyl halides is 1. The van der Waals surface area contributed by atoms with Gasteiger partial charge in [-0.1, -0.05) is 7.43 Å². The van der Waals surface area contributed by atoms with Gasteiger partial charge in [-0.05, 0) is 157 Å². The summed E-state index contributed by atoms with van der Waals surface area (Å²) in [6.07, 6.45) is 18.5. The summed E-state index contributed by atoms with van der Waals surface area (Å²) in [6.45, 7) is 42.8. The number of primary amides is 2. The first-order valence-corrected chi connectivity index (χ1v) is 36.7. The molecule has 9 aliphatic rings. The number of piperidine rings is 7. The fourth-order valence-corrected chi connectivity index (χ4v) is 14.0. The maximum absolute atomic E-state index is 11.6. The minimum absolute atomic E-state index is 0. The number of amides is 7. The smallest absolute Gasteiger partial charge is 0.409 e. The number of likely N-dealkylation sites (tertiary alicyclic amines) is 5. The van der Waals surface area contributed by atoms with Gasteiger partial charge in [-0.3, -0.25) is 14.4 Å². The summed E-state index contributed by atoms with van der Waals surface area (Å²) >= 11 is 5.67. The van der Waals surface area contributed by atoms with Crippen LogP contribution in [0.15, 0.2) is 0 Å². The van der Waals surface area contributed by atoms with Crippen LogP contribution in [0.5, 0.6) is 0 Å². The molecule has 9 rings (SSSR count). The Balaban J connectivity index is 0.000000404. The van der Waals surface area contributed by atoms with E-state index >= 15 is 0 Å². The molecule has 0 aromatic carbocycles. The number of unbranched alkanes of at least 4 members (excludes halogenated alkanes) is 1. The molecular formula is C72H118ClN15O13. The molecule has 1 atom stereocenters. The summed E-state index contributed by atoms with van der Waals surface area (Å²) < 4.78 is 24.6. The predicted molar refractivity (Wildman–Crippen MR) is 384 cm³/mol. The number of nitrogens with one attached hydrogen (secondary N) is 3. The molecule has 101 heavy (non-hydrogen) atoms. The van der Waals surface area contributed by atoms with Crippen LogP contribution in [0.1, 0.15) is 196 Å². The zero-order valence-corrected chi connectivity index (χ0v) is 61.0. The molecule has 7 amide bonds. The van der Waals surface area contributed by atoms with E-state index in [0.717, 1.165) is 148 Å². The van der Waals surface area contributed by atoms with E-state index in [-0.39, 0.29) is 95.4 Å². The van der Waals surface area contributed by atoms with E-state index in [0.29, 0.717) is 148 Å². The van der Waals surface area contributed by atoms with Crippen LogP contribution < -0.4 is 22.1 Å². The Morgan fingerprint density at radius 1 is 0.535 bits per heavy atom. The van der Waals surface area contributed by atoms with E-state index in [9.17, 15) is 38.4 Å². The van der Waals surface area contributed by atoms with Crippen molar-refractivity contribution in [3.05, 3.63) is 34.3 Å². The highest BCUT2D eigenvalue weighted by atomic mass is 35.5. The lowest BCUT2D eigenvalue weighted by Crippen LogP contribution is -2.45. The number of carbonyl (C=O) groups is 8. The minimum Gasteiger partial charge on any atom is -0.450 e. The highest BCUT2D eigenvalue weighted by Crippen LogP contribution is 2.45. The number of ether oxygens (including phenoxy) is 5. The summed E-state index contributed by atoms with van der Waals surface area (Å²) in [7, 11) is 0. The van der Waals surface area contributed by atoms with Crippen LogP contribution in [0, 0.1) is 76.4 Å². The number of nitrogens with two attached hydrogens (primary N) is 2. The van der Waals surface area contributed by atoms with E-state index in [2.05, 4.69) is 37.3 Å². The van der Waals surface area contributed by atoms with E-state index in [4.69, 9.17) is 82.4 Å². The van der Waals surface area contributed by atoms with Gasteiger partial charge >= 0.3 is 30.5 Å². The van der Waals surface area contributed by atoms with Crippen molar-refractivity contribution in [1.29, 1.82) is 15.9 Å². The zero-order chi connectivity index (χ0) is 74.0. The third-order valence-electron chi connectivity index (χ3n) is 20.4. The average Bonchev–Trinajstić information content (AvgIpc) is 1.63. The number of ketones is 1. The molecule has 0 aromatic rings. The largest absolute Gasteiger partial charge is 0.450 e. The Kier molecular flexibility index (Phi) is 42.7. The first-order chi connectivity index (χ1) is 48.0. The molecule has 0 radical (unpaired) electrons. The topological polar surface area (TPSA) is 360 Å². The average molecular weight is 1440 g/mol. The first-order valence-electron chi connectivity index (χ1n) is 36.2. The molecule has 29 heteroatoms. The van der Waals surface area contributed by atoms with Crippen molar-refractivity contribution >= 4 is 65.4 Å². The van der Waals surface area contributed by atoms with Crippen molar-refractivity contribution in [2.24, 2.45) is 40.1 Å². The van der Waals surface area contributed by atoms with Gasteiger partial charge in [0.1, 0.15) is 5.78 Å². The van der Waals surface area contributed by atoms with Gasteiger partial charge in [0.2, 0.25) is 22.9 Å². The summed E-state index contributed by atoms with van der Waals surface area (Å²) in [5.41, 5.74) is 10.2. The van der Waals surface area contributed by atoms with Crippen LogP contribution in [0.2, 0.25) is 0 Å². The van der Waals surface area contributed by atoms with E-state index in [1.807, 2.05) is 0 Å². The molecule has 566 valence electrons. The molecule has 1 unspecified atom stereocenters. The van der Waals surface area contributed by atoms with Gasteiger partial charge in [-0.25, -0.2) is 43.7 Å². The number of Topliss-reactive ketones (excluding diaryl/α,β-unsaturated/α-hetero) is 1. The Hall–Kier alpha value is -7.71. The number of carbonyl (C=O) groups excluding carboxylic acids is 8. The van der Waals surface area contributed by atoms with E-state index < -0.39 is 0 Å². The van der Waals surface area contributed by atoms with E-state index in [1.54, 1.807) is 59.1 Å². The summed E-state index contributed by atoms with van der Waals surface area (Å²) in [6, 6.07) is 4.10. The van der Waals surface area contributed by atoms with Crippen molar-refractivity contribution in [3.8, 4) is 12.1 Å². The van der Waals surface area contributed by atoms with Crippen molar-refractivity contribution < 1.29 is 62.0 Å². The summed E-state index contributed by atoms with van der Waals surface area (Å²) in [5.74, 6) is 0.889. The number of nitrogens with zero attached hydrogens (tertiary/aromatic N) is 10. The SMILES string of the molecule is C.CCOC(=O)N1CCC(C#N)CC1.CCOC(=O)N1CCC(C(N)=O)CC1.NC(=O)C1CCNCC1.O=C1CCCC12CCNCC2.[C-]#[N+]C1(CCCC#N)CCN(C(=O)OCC)CC1.[C-]#[N+]C1(CCCCl)CCN(C(=O)OCC)CC1.[C-]#[N+]C1CCC2(CCN(C(=O)OCC)CC2)C1=N. The summed E-state index contributed by atoms with van der Waals surface area (Å²) in [5, 5.41) is 31.8. The lowest BCUT2D eigenvalue weighted by molar-refractivity contribution is -0.127. The lowest BCUT2D eigenvalue weighted by Gasteiger charge is -2.38. The normalized spacial score (nSPS) is 20.9. The van der Waals surface area contributed by atoms with Crippen molar-refractivity contribution in [2.75, 3.05) is 131 Å². The maximum atomic E-state index is 11.6. The molecule has 28 nitrogen and oxygen atoms in total. The molecule has 7 heterocycles. The number of rotatable bonds is 13. The molecule has 7 aliphatic heterocycles. The van der Waals surface area contributed by atoms with E-state index in [1.165, 1.54) is 0 Å². The molecule has 0 bridgehead atoms. The fraction of sp³-hybridized carbons (Fsp3) is 0.806. The minimum atomic E-state index is -0.375. The Morgan fingerprint density at radius 2 is 0.911 bits per heavy atom. The standard InChI is InChI=1S/2C13H19N3O2.C12H19ClN2O2.C9H16N2O3.C9H14N2O2.C9H15NO.C6H12N2O.CH4/c1-3-18-12(17)16-8-6-13(7-9-16)5-4-10(15-2)11(13)14;1-3-18-12(17)16-10-7-13(15-2,8-11-16)6-4-5-9-14;1-3-17-11(16)15-9-6-12(14-2,7-10-15)5-4-8-13;1-2-14-9(13)11-5-3-7(4-6-11)8(10)12;1-2-13-9(12)11-5-3-8(7-10)4-6-11;11-8-2-1-3-9(8)4-6-10-7-5-9;7-6(9)5-1-3-8-4-2-5;/h10,14H,3-9H2,1H3;3-8,10-11H2,1H3;3-10H2,1H3;7H,2-6H2,1H3,(H2,10,12);8H,2-6H2,1H3;10H,1-7H2;5,8H,1-4H2,(H2,7,9);1H4. The molecular weight excluding hydrogens is 1320 g/mol. The Bertz CT molecular complexity index is 2780. The third-order valence-corrected chi connectivity index (χ3v) is 20.7. The fourth-order valence-electron chi connectivity index (χ4n) is 13.9. The number of halogens is 1. The molecule has 0 aromatic heterocycles. The summed E-state index contributed by atoms with van der Waals surface area (Å²) in [4.78, 5) is 109. The van der Waals surface area contributed by atoms with Gasteiger partial charge < -0.3 is 90.2 Å². The number of hydrogen-bond donors (Lipinski definition) is 5. The van der Waals surface area contributed by atoms with Crippen LogP contribution in [0.3, 0.4) is 0 Å². The second-order valence-corrected chi connectivity index (χ2v) is 27.0. The monoisotopic (exact) mass is 1440 g/mol. The highest BCUT2D eigenvalue weighted by Gasteiger charge is 2.50. The lowest BCUT2D eigenvalue weighted by atomic mass is 9.75. The molecule has 2 saturated carbocycles. The van der Waals surface area contributed by atoms with Crippen molar-refractivity contribution in [3.63, 3.8) is 0 Å². The number of nitriles is 2. The molecule has 2 aliphatic carbocycles. The third kappa shape index (κ3) is 29.7. The second kappa shape index (κ2) is 48.2. The van der Waals surface area contributed by atoms with Gasteiger partial charge in [-0.15, -0.1) is 11.6 Å². The maximum Gasteiger partial charge on any atom is 0.409 e. The van der Waals surface area contributed by atoms with Crippen LogP contribution in [0.25, 0.3) is 14.5 Å². The molecule has 7 N–H and O–H groups in total. The van der Waals surface area contributed by atoms with Gasteiger partial charge in [0, 0.05) is 158 Å². The molecule has 9 fully saturated rings. The predicted octanol–water partition coefficient (Wildman–Crippen LogP) is 10.8. The zero-order valence-electron chi connectivity index (χ0n) is 60.2. The van der Waals surface area contributed by atoms with Crippen molar-refractivity contribution in [2.45, 2.75) is 213 Å².